The molecule has 0 unspecified atom stereocenters. The van der Waals surface area contributed by atoms with E-state index in [0.717, 1.165) is 76.8 Å². The van der Waals surface area contributed by atoms with Crippen LogP contribution in [0, 0.1) is 19.8 Å². The third kappa shape index (κ3) is 10.5. The number of para-hydroxylation sites is 3. The van der Waals surface area contributed by atoms with Crippen LogP contribution < -0.4 is 19.7 Å². The van der Waals surface area contributed by atoms with Crippen molar-refractivity contribution in [2.75, 3.05) is 88.1 Å². The number of likely N-dealkylation sites (tertiary alicyclic amines) is 1. The number of carbonyl (C=O) groups excluding carboxylic acids is 2. The number of piperazine rings is 1. The van der Waals surface area contributed by atoms with Crippen molar-refractivity contribution in [3.8, 4) is 0 Å². The van der Waals surface area contributed by atoms with E-state index in [4.69, 9.17) is 0 Å². The van der Waals surface area contributed by atoms with Gasteiger partial charge >= 0.3 is 0 Å². The molecule has 0 saturated carbocycles. The first kappa shape index (κ1) is 41.1. The van der Waals surface area contributed by atoms with E-state index >= 15 is 0 Å². The van der Waals surface area contributed by atoms with Crippen LogP contribution in [0.5, 0.6) is 0 Å². The molecule has 3 aromatic carbocycles. The Labute approximate surface area is 346 Å². The molecule has 0 bridgehead atoms. The number of hydrogen-bond acceptors (Lipinski definition) is 6. The van der Waals surface area contributed by atoms with Crippen LogP contribution in [0.4, 0.5) is 22.7 Å². The van der Waals surface area contributed by atoms with E-state index < -0.39 is 0 Å². The summed E-state index contributed by atoms with van der Waals surface area (Å²) < 4.78 is 2.46. The summed E-state index contributed by atoms with van der Waals surface area (Å²) in [5.41, 5.74) is 8.82. The SMILES string of the molecule is Cc1cc(/C=C/C=C/c2ccc(N(C)C)cc2)cc(C)[n+]1CCN1CCN(CCCCC2CCN(CC(=O)N3c4ccccc4NC(=O)c4ccccc43)CC2)CC1. The quantitative estimate of drug-likeness (QED) is 0.0801. The van der Waals surface area contributed by atoms with Gasteiger partial charge in [0.2, 0.25) is 5.91 Å². The second kappa shape index (κ2) is 19.6. The standard InChI is InChI=1S/C49H61N7O2/c1-38-35-42(15-6-5-13-40-20-22-43(23-21-40)51(3)4)36-39(2)55(38)34-33-53-31-29-52(30-32-53)26-12-11-14-41-24-27-54(28-25-41)37-48(57)56-46-18-9-7-16-44(46)49(58)50-45-17-8-10-19-47(45)56/h5-10,13,15-23,35-36,41H,11-12,14,24-34,37H2,1-4H3/p+1. The van der Waals surface area contributed by atoms with Gasteiger partial charge in [-0.1, -0.05) is 73.5 Å². The minimum atomic E-state index is -0.185. The Morgan fingerprint density at radius 2 is 1.36 bits per heavy atom. The van der Waals surface area contributed by atoms with Crippen LogP contribution in [0.15, 0.2) is 97.1 Å². The number of rotatable bonds is 14. The average molecular weight is 781 g/mol. The summed E-state index contributed by atoms with van der Waals surface area (Å²) in [5, 5.41) is 2.99. The first-order valence-electron chi connectivity index (χ1n) is 21.3. The topological polar surface area (TPSA) is 66.2 Å². The van der Waals surface area contributed by atoms with Crippen LogP contribution in [-0.4, -0.2) is 99.5 Å². The molecule has 7 rings (SSSR count). The van der Waals surface area contributed by atoms with E-state index in [1.807, 2.05) is 42.5 Å². The zero-order valence-electron chi connectivity index (χ0n) is 35.1. The lowest BCUT2D eigenvalue weighted by Crippen LogP contribution is -2.51. The maximum Gasteiger partial charge on any atom is 0.257 e. The lowest BCUT2D eigenvalue weighted by atomic mass is 9.91. The molecule has 58 heavy (non-hydrogen) atoms. The van der Waals surface area contributed by atoms with Gasteiger partial charge in [0, 0.05) is 71.9 Å². The minimum Gasteiger partial charge on any atom is -0.378 e. The predicted octanol–water partition coefficient (Wildman–Crippen LogP) is 7.81. The fourth-order valence-electron chi connectivity index (χ4n) is 8.79. The van der Waals surface area contributed by atoms with Gasteiger partial charge in [-0.25, -0.2) is 0 Å². The van der Waals surface area contributed by atoms with Gasteiger partial charge in [0.1, 0.15) is 0 Å². The molecule has 3 aliphatic heterocycles. The smallest absolute Gasteiger partial charge is 0.257 e. The number of aromatic nitrogens is 1. The third-order valence-corrected chi connectivity index (χ3v) is 12.2. The molecule has 4 heterocycles. The number of nitrogens with one attached hydrogen (secondary N) is 1. The zero-order chi connectivity index (χ0) is 40.4. The van der Waals surface area contributed by atoms with Gasteiger partial charge in [-0.15, -0.1) is 0 Å². The highest BCUT2D eigenvalue weighted by Gasteiger charge is 2.31. The number of piperidine rings is 1. The summed E-state index contributed by atoms with van der Waals surface area (Å²) in [6, 6.07) is 28.2. The van der Waals surface area contributed by atoms with E-state index in [0.29, 0.717) is 23.5 Å². The fraction of sp³-hybridized carbons (Fsp3) is 0.408. The Morgan fingerprint density at radius 1 is 0.741 bits per heavy atom. The maximum absolute atomic E-state index is 13.9. The van der Waals surface area contributed by atoms with Crippen LogP contribution in [0.2, 0.25) is 0 Å². The van der Waals surface area contributed by atoms with Crippen LogP contribution in [0.1, 0.15) is 65.0 Å². The van der Waals surface area contributed by atoms with E-state index in [-0.39, 0.29) is 11.8 Å². The second-order valence-corrected chi connectivity index (χ2v) is 16.5. The summed E-state index contributed by atoms with van der Waals surface area (Å²) >= 11 is 0. The predicted molar refractivity (Wildman–Crippen MR) is 239 cm³/mol. The number of carbonyl (C=O) groups is 2. The number of aryl methyl sites for hydroxylation is 2. The molecular weight excluding hydrogens is 719 g/mol. The monoisotopic (exact) mass is 780 g/mol. The highest BCUT2D eigenvalue weighted by atomic mass is 16.2. The number of pyridine rings is 1. The second-order valence-electron chi connectivity index (χ2n) is 16.5. The van der Waals surface area contributed by atoms with Crippen molar-refractivity contribution < 1.29 is 14.2 Å². The molecular formula is C49H62N7O2+. The van der Waals surface area contributed by atoms with E-state index in [2.05, 4.69) is 118 Å². The number of nitrogens with zero attached hydrogens (tertiary/aromatic N) is 6. The molecule has 4 aromatic rings. The van der Waals surface area contributed by atoms with Crippen molar-refractivity contribution in [2.45, 2.75) is 52.5 Å². The lowest BCUT2D eigenvalue weighted by Gasteiger charge is -2.35. The first-order chi connectivity index (χ1) is 28.2. The van der Waals surface area contributed by atoms with Gasteiger partial charge in [-0.3, -0.25) is 24.3 Å². The van der Waals surface area contributed by atoms with Crippen molar-refractivity contribution >= 4 is 46.7 Å². The molecule has 9 nitrogen and oxygen atoms in total. The Hall–Kier alpha value is -5.09. The number of amides is 2. The third-order valence-electron chi connectivity index (χ3n) is 12.2. The first-order valence-corrected chi connectivity index (χ1v) is 21.3. The van der Waals surface area contributed by atoms with E-state index in [9.17, 15) is 9.59 Å². The highest BCUT2D eigenvalue weighted by Crippen LogP contribution is 2.38. The molecule has 9 heteroatoms. The minimum absolute atomic E-state index is 0.00347. The molecule has 0 radical (unpaired) electrons. The average Bonchev–Trinajstić information content (AvgIpc) is 3.35. The Balaban J connectivity index is 0.781. The number of allylic oxidation sites excluding steroid dienone is 2. The van der Waals surface area contributed by atoms with Crippen molar-refractivity contribution in [3.63, 3.8) is 0 Å². The summed E-state index contributed by atoms with van der Waals surface area (Å²) in [6.07, 6.45) is 14.7. The molecule has 304 valence electrons. The highest BCUT2D eigenvalue weighted by molar-refractivity contribution is 6.17. The van der Waals surface area contributed by atoms with Crippen molar-refractivity contribution in [1.29, 1.82) is 0 Å². The number of anilines is 4. The molecule has 2 fully saturated rings. The van der Waals surface area contributed by atoms with Crippen molar-refractivity contribution in [3.05, 3.63) is 125 Å². The Morgan fingerprint density at radius 3 is 2.05 bits per heavy atom. The van der Waals surface area contributed by atoms with Gasteiger partial charge in [0.05, 0.1) is 35.7 Å². The maximum atomic E-state index is 13.9. The molecule has 2 amide bonds. The van der Waals surface area contributed by atoms with E-state index in [1.54, 1.807) is 11.0 Å². The van der Waals surface area contributed by atoms with Gasteiger partial charge in [0.25, 0.3) is 5.91 Å². The molecule has 0 aliphatic carbocycles. The zero-order valence-corrected chi connectivity index (χ0v) is 35.1. The molecule has 1 N–H and O–H groups in total. The van der Waals surface area contributed by atoms with Crippen molar-refractivity contribution in [2.24, 2.45) is 5.92 Å². The summed E-state index contributed by atoms with van der Waals surface area (Å²) in [7, 11) is 4.13. The van der Waals surface area contributed by atoms with Crippen LogP contribution in [0.3, 0.4) is 0 Å². The molecule has 0 atom stereocenters. The van der Waals surface area contributed by atoms with Gasteiger partial charge in [-0.2, -0.15) is 4.57 Å². The van der Waals surface area contributed by atoms with Gasteiger partial charge in [0.15, 0.2) is 17.9 Å². The molecule has 2 saturated heterocycles. The summed E-state index contributed by atoms with van der Waals surface area (Å²) in [5.74, 6) is 0.548. The van der Waals surface area contributed by atoms with Crippen LogP contribution in [0.25, 0.3) is 12.2 Å². The number of unbranched alkanes of at least 4 members (excludes halogenated alkanes) is 1. The van der Waals surface area contributed by atoms with E-state index in [1.165, 1.54) is 54.0 Å². The van der Waals surface area contributed by atoms with Crippen molar-refractivity contribution in [1.82, 2.24) is 14.7 Å². The lowest BCUT2D eigenvalue weighted by molar-refractivity contribution is -0.708. The van der Waals surface area contributed by atoms with Gasteiger partial charge < -0.3 is 15.1 Å². The Bertz CT molecular complexity index is 2050. The number of hydrogen-bond donors (Lipinski definition) is 1. The molecule has 1 aromatic heterocycles. The number of benzene rings is 3. The summed E-state index contributed by atoms with van der Waals surface area (Å²) in [4.78, 5) is 38.3. The summed E-state index contributed by atoms with van der Waals surface area (Å²) in [6.45, 7) is 14.6. The van der Waals surface area contributed by atoms with Crippen LogP contribution >= 0.6 is 0 Å². The molecule has 3 aliphatic rings. The largest absolute Gasteiger partial charge is 0.378 e. The fourth-order valence-corrected chi connectivity index (χ4v) is 8.79. The van der Waals surface area contributed by atoms with Crippen LogP contribution in [-0.2, 0) is 11.3 Å². The number of fused-ring (bicyclic) bond motifs is 2. The normalized spacial score (nSPS) is 17.0. The molecule has 0 spiro atoms. The van der Waals surface area contributed by atoms with Gasteiger partial charge in [-0.05, 0) is 92.3 Å². The Kier molecular flexibility index (Phi) is 13.9.